The van der Waals surface area contributed by atoms with Crippen molar-refractivity contribution in [1.29, 1.82) is 0 Å². The molecule has 1 N–H and O–H groups in total. The fourth-order valence-electron chi connectivity index (χ4n) is 1.36. The lowest BCUT2D eigenvalue weighted by Gasteiger charge is -2.06. The predicted molar refractivity (Wildman–Crippen MR) is 66.3 cm³/mol. The number of rotatable bonds is 4. The Balaban J connectivity index is 2.15. The highest BCUT2D eigenvalue weighted by Gasteiger charge is 2.01. The van der Waals surface area contributed by atoms with Crippen molar-refractivity contribution in [1.82, 2.24) is 15.3 Å². The number of hydrogen-bond acceptors (Lipinski definition) is 4. The predicted octanol–water partition coefficient (Wildman–Crippen LogP) is 2.64. The third-order valence-corrected chi connectivity index (χ3v) is 2.25. The van der Waals surface area contributed by atoms with Gasteiger partial charge in [-0.1, -0.05) is 17.7 Å². The lowest BCUT2D eigenvalue weighted by atomic mass is 10.3. The van der Waals surface area contributed by atoms with Crippen LogP contribution < -0.4 is 10.1 Å². The summed E-state index contributed by atoms with van der Waals surface area (Å²) in [5, 5.41) is 3.57. The first-order chi connectivity index (χ1) is 8.28. The Labute approximate surface area is 105 Å². The Kier molecular flexibility index (Phi) is 3.90. The smallest absolute Gasteiger partial charge is 0.219 e. The third kappa shape index (κ3) is 3.41. The number of nitrogens with one attached hydrogen (secondary N) is 1. The summed E-state index contributed by atoms with van der Waals surface area (Å²) < 4.78 is 5.56. The van der Waals surface area contributed by atoms with Gasteiger partial charge in [0, 0.05) is 24.9 Å². The van der Waals surface area contributed by atoms with E-state index >= 15 is 0 Å². The van der Waals surface area contributed by atoms with Gasteiger partial charge in [-0.05, 0) is 13.1 Å². The Morgan fingerprint density at radius 3 is 3.00 bits per heavy atom. The number of aromatic nitrogens is 2. The molecule has 0 radical (unpaired) electrons. The fraction of sp³-hybridized carbons (Fsp3) is 0.167. The average Bonchev–Trinajstić information content (AvgIpc) is 2.30. The van der Waals surface area contributed by atoms with Gasteiger partial charge in [0.2, 0.25) is 5.88 Å². The van der Waals surface area contributed by atoms with Crippen LogP contribution >= 0.6 is 11.6 Å². The van der Waals surface area contributed by atoms with Gasteiger partial charge in [-0.2, -0.15) is 0 Å². The van der Waals surface area contributed by atoms with Gasteiger partial charge < -0.3 is 10.1 Å². The van der Waals surface area contributed by atoms with Crippen LogP contribution in [0.3, 0.4) is 0 Å². The number of hydrogen-bond donors (Lipinski definition) is 1. The summed E-state index contributed by atoms with van der Waals surface area (Å²) in [7, 11) is 1.87. The lowest BCUT2D eigenvalue weighted by molar-refractivity contribution is 0.458. The van der Waals surface area contributed by atoms with E-state index in [1.165, 1.54) is 0 Å². The van der Waals surface area contributed by atoms with Crippen molar-refractivity contribution in [2.75, 3.05) is 7.05 Å². The minimum absolute atomic E-state index is 0.529. The summed E-state index contributed by atoms with van der Waals surface area (Å²) in [4.78, 5) is 8.27. The maximum atomic E-state index is 5.82. The van der Waals surface area contributed by atoms with E-state index < -0.39 is 0 Å². The van der Waals surface area contributed by atoms with E-state index in [9.17, 15) is 0 Å². The molecule has 0 aliphatic carbocycles. The molecule has 0 unspecified atom stereocenters. The molecule has 2 aromatic heterocycles. The topological polar surface area (TPSA) is 47.0 Å². The molecule has 4 nitrogen and oxygen atoms in total. The summed E-state index contributed by atoms with van der Waals surface area (Å²) in [5.74, 6) is 1.11. The molecule has 0 saturated heterocycles. The summed E-state index contributed by atoms with van der Waals surface area (Å²) in [5.41, 5.74) is 0.917. The molecular formula is C12H12ClN3O. The maximum Gasteiger partial charge on any atom is 0.219 e. The van der Waals surface area contributed by atoms with Gasteiger partial charge in [0.25, 0.3) is 0 Å². The van der Waals surface area contributed by atoms with E-state index in [0.717, 1.165) is 5.69 Å². The SMILES string of the molecule is CNCc1cccc(Oc2cncc(Cl)c2)n1. The third-order valence-electron chi connectivity index (χ3n) is 2.04. The second-order valence-corrected chi connectivity index (χ2v) is 3.87. The zero-order valence-corrected chi connectivity index (χ0v) is 10.1. The molecule has 0 amide bonds. The van der Waals surface area contributed by atoms with Crippen LogP contribution in [0.15, 0.2) is 36.7 Å². The summed E-state index contributed by atoms with van der Waals surface area (Å²) in [6.45, 7) is 0.699. The summed E-state index contributed by atoms with van der Waals surface area (Å²) >= 11 is 5.82. The zero-order chi connectivity index (χ0) is 12.1. The molecular weight excluding hydrogens is 238 g/mol. The van der Waals surface area contributed by atoms with Crippen LogP contribution in [-0.4, -0.2) is 17.0 Å². The van der Waals surface area contributed by atoms with Gasteiger partial charge >= 0.3 is 0 Å². The van der Waals surface area contributed by atoms with Gasteiger partial charge in [-0.25, -0.2) is 4.98 Å². The van der Waals surface area contributed by atoms with Crippen LogP contribution in [0.5, 0.6) is 11.6 Å². The van der Waals surface area contributed by atoms with Crippen molar-refractivity contribution in [3.8, 4) is 11.6 Å². The molecule has 2 aromatic rings. The summed E-state index contributed by atoms with van der Waals surface area (Å²) in [6, 6.07) is 7.31. The van der Waals surface area contributed by atoms with Gasteiger partial charge in [-0.3, -0.25) is 4.98 Å². The van der Waals surface area contributed by atoms with Crippen molar-refractivity contribution >= 4 is 11.6 Å². The first-order valence-corrected chi connectivity index (χ1v) is 5.54. The number of pyridine rings is 2. The molecule has 0 atom stereocenters. The Morgan fingerprint density at radius 2 is 2.24 bits per heavy atom. The van der Waals surface area contributed by atoms with Crippen LogP contribution in [0.25, 0.3) is 0 Å². The van der Waals surface area contributed by atoms with Crippen LogP contribution in [0.4, 0.5) is 0 Å². The first kappa shape index (κ1) is 11.8. The van der Waals surface area contributed by atoms with Crippen molar-refractivity contribution < 1.29 is 4.74 Å². The molecule has 0 aliphatic rings. The molecule has 17 heavy (non-hydrogen) atoms. The Bertz CT molecular complexity index is 505. The Morgan fingerprint density at radius 1 is 1.35 bits per heavy atom. The highest BCUT2D eigenvalue weighted by molar-refractivity contribution is 6.30. The van der Waals surface area contributed by atoms with Crippen molar-refractivity contribution in [3.05, 3.63) is 47.4 Å². The molecule has 0 aliphatic heterocycles. The quantitative estimate of drug-likeness (QED) is 0.905. The van der Waals surface area contributed by atoms with Crippen molar-refractivity contribution in [3.63, 3.8) is 0 Å². The molecule has 0 fully saturated rings. The fourth-order valence-corrected chi connectivity index (χ4v) is 1.53. The Hall–Kier alpha value is -1.65. The molecule has 0 saturated carbocycles. The molecule has 0 aromatic carbocycles. The summed E-state index contributed by atoms with van der Waals surface area (Å²) in [6.07, 6.45) is 3.15. The largest absolute Gasteiger partial charge is 0.437 e. The number of halogens is 1. The van der Waals surface area contributed by atoms with E-state index in [2.05, 4.69) is 15.3 Å². The van der Waals surface area contributed by atoms with Crippen LogP contribution in [-0.2, 0) is 6.54 Å². The molecule has 88 valence electrons. The minimum atomic E-state index is 0.529. The maximum absolute atomic E-state index is 5.82. The molecule has 0 spiro atoms. The van der Waals surface area contributed by atoms with Gasteiger partial charge in [0.15, 0.2) is 0 Å². The second kappa shape index (κ2) is 5.61. The zero-order valence-electron chi connectivity index (χ0n) is 9.35. The molecule has 2 heterocycles. The van der Waals surface area contributed by atoms with Crippen LogP contribution in [0, 0.1) is 0 Å². The highest BCUT2D eigenvalue weighted by atomic mass is 35.5. The van der Waals surface area contributed by atoms with Gasteiger partial charge in [-0.15, -0.1) is 0 Å². The van der Waals surface area contributed by atoms with Gasteiger partial charge in [0.05, 0.1) is 16.9 Å². The second-order valence-electron chi connectivity index (χ2n) is 3.44. The molecule has 0 bridgehead atoms. The van der Waals surface area contributed by atoms with E-state index in [1.54, 1.807) is 24.5 Å². The van der Waals surface area contributed by atoms with E-state index in [4.69, 9.17) is 16.3 Å². The van der Waals surface area contributed by atoms with Crippen LogP contribution in [0.2, 0.25) is 5.02 Å². The van der Waals surface area contributed by atoms with Crippen LogP contribution in [0.1, 0.15) is 5.69 Å². The van der Waals surface area contributed by atoms with Crippen molar-refractivity contribution in [2.45, 2.75) is 6.54 Å². The monoisotopic (exact) mass is 249 g/mol. The first-order valence-electron chi connectivity index (χ1n) is 5.17. The molecule has 2 rings (SSSR count). The van der Waals surface area contributed by atoms with E-state index in [0.29, 0.717) is 23.2 Å². The normalized spacial score (nSPS) is 10.2. The number of nitrogens with zero attached hydrogens (tertiary/aromatic N) is 2. The van der Waals surface area contributed by atoms with Gasteiger partial charge in [0.1, 0.15) is 5.75 Å². The van der Waals surface area contributed by atoms with Crippen molar-refractivity contribution in [2.24, 2.45) is 0 Å². The average molecular weight is 250 g/mol. The lowest BCUT2D eigenvalue weighted by Crippen LogP contribution is -2.06. The van der Waals surface area contributed by atoms with E-state index in [1.807, 2.05) is 19.2 Å². The highest BCUT2D eigenvalue weighted by Crippen LogP contribution is 2.21. The standard InChI is InChI=1S/C12H12ClN3O/c1-14-7-10-3-2-4-12(16-10)17-11-5-9(13)6-15-8-11/h2-6,8,14H,7H2,1H3. The molecule has 5 heteroatoms. The minimum Gasteiger partial charge on any atom is -0.437 e. The van der Waals surface area contributed by atoms with E-state index in [-0.39, 0.29) is 0 Å². The number of ether oxygens (including phenoxy) is 1.